The molecule has 4 N–H and O–H groups in total. The summed E-state index contributed by atoms with van der Waals surface area (Å²) < 4.78 is -1.52. The van der Waals surface area contributed by atoms with Crippen molar-refractivity contribution in [3.05, 3.63) is 0 Å². The molecule has 0 aromatic carbocycles. The van der Waals surface area contributed by atoms with Crippen LogP contribution in [0.2, 0.25) is 0 Å². The number of carboxylic acid groups (broad SMARTS) is 3. The van der Waals surface area contributed by atoms with Crippen LogP contribution in [0.4, 0.5) is 0 Å². The molecule has 0 spiro atoms. The van der Waals surface area contributed by atoms with Gasteiger partial charge in [-0.05, 0) is 29.5 Å². The number of carbonyl (C=O) groups is 3. The highest BCUT2D eigenvalue weighted by atomic mass is 127. The lowest BCUT2D eigenvalue weighted by Crippen LogP contribution is -2.52. The van der Waals surface area contributed by atoms with Crippen molar-refractivity contribution in [3.63, 3.8) is 0 Å². The minimum Gasteiger partial charge on any atom is -0.481 e. The second-order valence-electron chi connectivity index (χ2n) is 2.94. The number of nitrogens with one attached hydrogen (secondary N) is 1. The molecule has 0 aliphatic heterocycles. The van der Waals surface area contributed by atoms with Gasteiger partial charge in [-0.15, -0.1) is 0 Å². The summed E-state index contributed by atoms with van der Waals surface area (Å²) in [6.07, 6.45) is -0.679. The van der Waals surface area contributed by atoms with Crippen LogP contribution in [-0.2, 0) is 14.4 Å². The van der Waals surface area contributed by atoms with Gasteiger partial charge in [-0.25, -0.2) is 4.79 Å². The molecule has 0 aliphatic carbocycles. The molecule has 2 atom stereocenters. The van der Waals surface area contributed by atoms with E-state index in [1.165, 1.54) is 29.5 Å². The first kappa shape index (κ1) is 14.1. The molecule has 86 valence electrons. The van der Waals surface area contributed by atoms with Gasteiger partial charge in [-0.3, -0.25) is 14.9 Å². The minimum atomic E-state index is -1.52. The maximum atomic E-state index is 10.7. The first-order valence-electron chi connectivity index (χ1n) is 3.81. The molecule has 15 heavy (non-hydrogen) atoms. The average molecular weight is 331 g/mol. The normalized spacial score (nSPS) is 16.4. The molecule has 0 aliphatic rings. The van der Waals surface area contributed by atoms with Crippen LogP contribution in [0.5, 0.6) is 0 Å². The van der Waals surface area contributed by atoms with Crippen LogP contribution in [0.3, 0.4) is 0 Å². The smallest absolute Gasteiger partial charge is 0.333 e. The lowest BCUT2D eigenvalue weighted by atomic mass is 10.2. The van der Waals surface area contributed by atoms with E-state index in [9.17, 15) is 14.4 Å². The minimum absolute atomic E-state index is 0.679. The van der Waals surface area contributed by atoms with Crippen LogP contribution in [0, 0.1) is 0 Å². The second-order valence-corrected chi connectivity index (χ2v) is 5.10. The van der Waals surface area contributed by atoms with Crippen molar-refractivity contribution in [2.45, 2.75) is 22.9 Å². The zero-order valence-electron chi connectivity index (χ0n) is 7.73. The summed E-state index contributed by atoms with van der Waals surface area (Å²) in [6, 6.07) is -1.43. The Morgan fingerprint density at radius 1 is 1.33 bits per heavy atom. The summed E-state index contributed by atoms with van der Waals surface area (Å²) in [5, 5.41) is 28.0. The molecule has 7 nitrogen and oxygen atoms in total. The van der Waals surface area contributed by atoms with E-state index in [1.807, 2.05) is 0 Å². The van der Waals surface area contributed by atoms with Gasteiger partial charge in [0, 0.05) is 0 Å². The quantitative estimate of drug-likeness (QED) is 0.300. The van der Waals surface area contributed by atoms with Crippen LogP contribution in [-0.4, -0.2) is 42.8 Å². The molecule has 0 amide bonds. The van der Waals surface area contributed by atoms with Gasteiger partial charge in [-0.2, -0.15) is 0 Å². The number of alkyl halides is 1. The SMILES string of the molecule is CC(I)(NC(CC(=O)O)C(=O)O)C(=O)O. The third kappa shape index (κ3) is 4.93. The standard InChI is InChI=1S/C7H10INO6/c1-7(8,6(14)15)9-3(5(12)13)2-4(10)11/h3,9H,2H2,1H3,(H,10,11)(H,12,13)(H,14,15). The Balaban J connectivity index is 4.61. The topological polar surface area (TPSA) is 124 Å². The average Bonchev–Trinajstić information content (AvgIpc) is 2.01. The van der Waals surface area contributed by atoms with Crippen molar-refractivity contribution in [3.8, 4) is 0 Å². The van der Waals surface area contributed by atoms with Crippen molar-refractivity contribution >= 4 is 40.5 Å². The van der Waals surface area contributed by atoms with Gasteiger partial charge >= 0.3 is 17.9 Å². The van der Waals surface area contributed by atoms with Crippen LogP contribution in [0.1, 0.15) is 13.3 Å². The summed E-state index contributed by atoms with van der Waals surface area (Å²) in [4.78, 5) is 31.6. The van der Waals surface area contributed by atoms with Crippen molar-refractivity contribution in [2.24, 2.45) is 0 Å². The lowest BCUT2D eigenvalue weighted by Gasteiger charge is -2.23. The molecule has 0 radical (unpaired) electrons. The fourth-order valence-electron chi connectivity index (χ4n) is 0.764. The van der Waals surface area contributed by atoms with E-state index in [2.05, 4.69) is 5.32 Å². The first-order valence-corrected chi connectivity index (χ1v) is 4.89. The Morgan fingerprint density at radius 3 is 2.07 bits per heavy atom. The maximum Gasteiger partial charge on any atom is 0.333 e. The van der Waals surface area contributed by atoms with Crippen LogP contribution >= 0.6 is 22.6 Å². The van der Waals surface area contributed by atoms with E-state index in [1.54, 1.807) is 0 Å². The highest BCUT2D eigenvalue weighted by Crippen LogP contribution is 2.16. The highest BCUT2D eigenvalue weighted by molar-refractivity contribution is 14.1. The molecule has 0 saturated carbocycles. The van der Waals surface area contributed by atoms with E-state index in [4.69, 9.17) is 15.3 Å². The largest absolute Gasteiger partial charge is 0.481 e. The third-order valence-electron chi connectivity index (χ3n) is 1.52. The molecule has 0 saturated heterocycles. The van der Waals surface area contributed by atoms with Gasteiger partial charge in [0.1, 0.15) is 6.04 Å². The Hall–Kier alpha value is -0.900. The van der Waals surface area contributed by atoms with E-state index in [0.29, 0.717) is 0 Å². The molecule has 0 bridgehead atoms. The first-order chi connectivity index (χ1) is 6.66. The van der Waals surface area contributed by atoms with Gasteiger partial charge in [0.25, 0.3) is 0 Å². The van der Waals surface area contributed by atoms with E-state index >= 15 is 0 Å². The molecular weight excluding hydrogens is 321 g/mol. The van der Waals surface area contributed by atoms with Gasteiger partial charge < -0.3 is 15.3 Å². The molecule has 0 aromatic rings. The summed E-state index contributed by atoms with van der Waals surface area (Å²) >= 11 is 1.49. The van der Waals surface area contributed by atoms with Gasteiger partial charge in [-0.1, -0.05) is 0 Å². The van der Waals surface area contributed by atoms with E-state index in [-0.39, 0.29) is 0 Å². The summed E-state index contributed by atoms with van der Waals surface area (Å²) in [5.74, 6) is -3.98. The van der Waals surface area contributed by atoms with Crippen LogP contribution in [0.15, 0.2) is 0 Å². The second kappa shape index (κ2) is 5.26. The third-order valence-corrected chi connectivity index (χ3v) is 2.30. The zero-order chi connectivity index (χ0) is 12.2. The molecule has 0 rings (SSSR count). The number of aliphatic carboxylic acids is 3. The van der Waals surface area contributed by atoms with E-state index in [0.717, 1.165) is 0 Å². The molecule has 0 fully saturated rings. The zero-order valence-corrected chi connectivity index (χ0v) is 9.89. The molecule has 0 aromatic heterocycles. The van der Waals surface area contributed by atoms with Crippen LogP contribution in [0.25, 0.3) is 0 Å². The number of rotatable bonds is 6. The number of carboxylic acids is 3. The van der Waals surface area contributed by atoms with Gasteiger partial charge in [0.05, 0.1) is 6.42 Å². The van der Waals surface area contributed by atoms with Gasteiger partial charge in [0.15, 0.2) is 3.55 Å². The molecule has 2 unspecified atom stereocenters. The molecule has 8 heteroatoms. The van der Waals surface area contributed by atoms with E-state index < -0.39 is 33.9 Å². The van der Waals surface area contributed by atoms with Gasteiger partial charge in [0.2, 0.25) is 0 Å². The van der Waals surface area contributed by atoms with Crippen LogP contribution < -0.4 is 5.32 Å². The predicted molar refractivity (Wildman–Crippen MR) is 56.9 cm³/mol. The Bertz CT molecular complexity index is 289. The number of halogens is 1. The highest BCUT2D eigenvalue weighted by Gasteiger charge is 2.35. The summed E-state index contributed by atoms with van der Waals surface area (Å²) in [7, 11) is 0. The predicted octanol–water partition coefficient (Wildman–Crippen LogP) is -0.260. The summed E-state index contributed by atoms with van der Waals surface area (Å²) in [5.41, 5.74) is 0. The molecule has 0 heterocycles. The van der Waals surface area contributed by atoms with Crippen molar-refractivity contribution in [1.29, 1.82) is 0 Å². The van der Waals surface area contributed by atoms with Crippen molar-refractivity contribution < 1.29 is 29.7 Å². The maximum absolute atomic E-state index is 10.7. The Kier molecular flexibility index (Phi) is 4.94. The lowest BCUT2D eigenvalue weighted by molar-refractivity contribution is -0.147. The monoisotopic (exact) mass is 331 g/mol. The Labute approximate surface area is 98.6 Å². The number of hydrogen-bond acceptors (Lipinski definition) is 4. The Morgan fingerprint density at radius 2 is 1.80 bits per heavy atom. The summed E-state index contributed by atoms with van der Waals surface area (Å²) in [6.45, 7) is 1.24. The fourth-order valence-corrected chi connectivity index (χ4v) is 1.14. The molecular formula is C7H10INO6. The van der Waals surface area contributed by atoms with Crippen molar-refractivity contribution in [1.82, 2.24) is 5.32 Å². The fraction of sp³-hybridized carbons (Fsp3) is 0.571. The van der Waals surface area contributed by atoms with Crippen molar-refractivity contribution in [2.75, 3.05) is 0 Å². The number of hydrogen-bond donors (Lipinski definition) is 4.